The number of halogens is 2. The third-order valence-electron chi connectivity index (χ3n) is 3.08. The molecule has 3 heteroatoms. The Kier molecular flexibility index (Phi) is 7.52. The zero-order valence-corrected chi connectivity index (χ0v) is 12.9. The van der Waals surface area contributed by atoms with Gasteiger partial charge in [-0.05, 0) is 53.0 Å². The maximum atomic E-state index is 13.3. The molecule has 1 nitrogen and oxygen atoms in total. The summed E-state index contributed by atoms with van der Waals surface area (Å²) in [6, 6.07) is 5.67. The van der Waals surface area contributed by atoms with Crippen molar-refractivity contribution in [1.29, 1.82) is 0 Å². The molecule has 1 atom stereocenters. The van der Waals surface area contributed by atoms with E-state index in [1.54, 1.807) is 6.07 Å². The van der Waals surface area contributed by atoms with Gasteiger partial charge in [-0.1, -0.05) is 39.2 Å². The first-order valence-corrected chi connectivity index (χ1v) is 7.66. The minimum Gasteiger partial charge on any atom is -0.310 e. The maximum absolute atomic E-state index is 13.3. The standard InChI is InChI=1S/C15H23BrFN/c1-3-5-6-7-15(18-10-4-2)12-8-9-14(17)13(16)11-12/h8-9,11,15,18H,3-7,10H2,1-2H3. The first-order valence-electron chi connectivity index (χ1n) is 6.87. The smallest absolute Gasteiger partial charge is 0.137 e. The zero-order valence-electron chi connectivity index (χ0n) is 11.3. The number of hydrogen-bond acceptors (Lipinski definition) is 1. The van der Waals surface area contributed by atoms with Gasteiger partial charge in [0.05, 0.1) is 4.47 Å². The summed E-state index contributed by atoms with van der Waals surface area (Å²) >= 11 is 3.26. The molecule has 1 unspecified atom stereocenters. The summed E-state index contributed by atoms with van der Waals surface area (Å²) in [5, 5.41) is 3.55. The number of benzene rings is 1. The van der Waals surface area contributed by atoms with Crippen LogP contribution in [0.3, 0.4) is 0 Å². The molecule has 1 aromatic rings. The van der Waals surface area contributed by atoms with Gasteiger partial charge in [-0.25, -0.2) is 4.39 Å². The van der Waals surface area contributed by atoms with E-state index in [2.05, 4.69) is 35.1 Å². The molecule has 18 heavy (non-hydrogen) atoms. The molecule has 0 aromatic heterocycles. The SMILES string of the molecule is CCCCCC(NCCC)c1ccc(F)c(Br)c1. The fourth-order valence-electron chi connectivity index (χ4n) is 2.03. The van der Waals surface area contributed by atoms with Crippen LogP contribution in [0.4, 0.5) is 4.39 Å². The van der Waals surface area contributed by atoms with Gasteiger partial charge in [0.1, 0.15) is 5.82 Å². The van der Waals surface area contributed by atoms with Crippen LogP contribution in [0, 0.1) is 5.82 Å². The van der Waals surface area contributed by atoms with Crippen LogP contribution in [0.5, 0.6) is 0 Å². The minimum atomic E-state index is -0.193. The number of rotatable bonds is 8. The number of nitrogens with one attached hydrogen (secondary N) is 1. The van der Waals surface area contributed by atoms with E-state index in [4.69, 9.17) is 0 Å². The first kappa shape index (κ1) is 15.6. The molecule has 0 aliphatic carbocycles. The third-order valence-corrected chi connectivity index (χ3v) is 3.69. The Bertz CT molecular complexity index is 354. The highest BCUT2D eigenvalue weighted by molar-refractivity contribution is 9.10. The van der Waals surface area contributed by atoms with E-state index < -0.39 is 0 Å². The van der Waals surface area contributed by atoms with Gasteiger partial charge in [-0.15, -0.1) is 0 Å². The van der Waals surface area contributed by atoms with Crippen LogP contribution in [0.15, 0.2) is 22.7 Å². The molecule has 0 fully saturated rings. The molecule has 1 N–H and O–H groups in total. The summed E-state index contributed by atoms with van der Waals surface area (Å²) in [6.07, 6.45) is 5.94. The molecule has 1 rings (SSSR count). The van der Waals surface area contributed by atoms with Crippen molar-refractivity contribution in [2.45, 2.75) is 52.0 Å². The van der Waals surface area contributed by atoms with E-state index in [9.17, 15) is 4.39 Å². The Morgan fingerprint density at radius 2 is 2.00 bits per heavy atom. The zero-order chi connectivity index (χ0) is 13.4. The lowest BCUT2D eigenvalue weighted by Crippen LogP contribution is -2.22. The van der Waals surface area contributed by atoms with E-state index in [-0.39, 0.29) is 5.82 Å². The highest BCUT2D eigenvalue weighted by Gasteiger charge is 2.11. The Labute approximate surface area is 118 Å². The Balaban J connectivity index is 2.70. The van der Waals surface area contributed by atoms with Crippen LogP contribution in [0.25, 0.3) is 0 Å². The topological polar surface area (TPSA) is 12.0 Å². The molecular weight excluding hydrogens is 293 g/mol. The fraction of sp³-hybridized carbons (Fsp3) is 0.600. The average molecular weight is 316 g/mol. The van der Waals surface area contributed by atoms with Gasteiger partial charge in [0, 0.05) is 6.04 Å². The largest absolute Gasteiger partial charge is 0.310 e. The molecule has 0 radical (unpaired) electrons. The molecule has 0 spiro atoms. The van der Waals surface area contributed by atoms with E-state index >= 15 is 0 Å². The first-order chi connectivity index (χ1) is 8.69. The van der Waals surface area contributed by atoms with E-state index in [0.717, 1.165) is 19.4 Å². The monoisotopic (exact) mass is 315 g/mol. The Morgan fingerprint density at radius 1 is 1.22 bits per heavy atom. The molecule has 0 amide bonds. The van der Waals surface area contributed by atoms with Crippen molar-refractivity contribution in [2.75, 3.05) is 6.54 Å². The normalized spacial score (nSPS) is 12.7. The average Bonchev–Trinajstić information content (AvgIpc) is 2.37. The summed E-state index contributed by atoms with van der Waals surface area (Å²) in [4.78, 5) is 0. The number of unbranched alkanes of at least 4 members (excludes halogenated alkanes) is 2. The van der Waals surface area contributed by atoms with Crippen molar-refractivity contribution >= 4 is 15.9 Å². The van der Waals surface area contributed by atoms with Crippen molar-refractivity contribution in [3.8, 4) is 0 Å². The lowest BCUT2D eigenvalue weighted by Gasteiger charge is -2.19. The van der Waals surface area contributed by atoms with Crippen LogP contribution < -0.4 is 5.32 Å². The molecule has 0 heterocycles. The molecule has 0 bridgehead atoms. The highest BCUT2D eigenvalue weighted by atomic mass is 79.9. The second-order valence-electron chi connectivity index (χ2n) is 4.68. The van der Waals surface area contributed by atoms with Crippen molar-refractivity contribution in [3.63, 3.8) is 0 Å². The predicted octanol–water partition coefficient (Wildman–Crippen LogP) is 5.21. The molecule has 0 saturated carbocycles. The molecular formula is C15H23BrFN. The summed E-state index contributed by atoms with van der Waals surface area (Å²) in [6.45, 7) is 5.38. The lowest BCUT2D eigenvalue weighted by molar-refractivity contribution is 0.473. The van der Waals surface area contributed by atoms with Crippen LogP contribution in [0.2, 0.25) is 0 Å². The number of hydrogen-bond donors (Lipinski definition) is 1. The van der Waals surface area contributed by atoms with E-state index in [1.807, 2.05) is 12.1 Å². The van der Waals surface area contributed by atoms with Crippen molar-refractivity contribution in [1.82, 2.24) is 5.32 Å². The predicted molar refractivity (Wildman–Crippen MR) is 79.3 cm³/mol. The van der Waals surface area contributed by atoms with E-state index in [0.29, 0.717) is 10.5 Å². The van der Waals surface area contributed by atoms with Crippen molar-refractivity contribution < 1.29 is 4.39 Å². The Hall–Kier alpha value is -0.410. The summed E-state index contributed by atoms with van der Waals surface area (Å²) in [5.74, 6) is -0.193. The minimum absolute atomic E-state index is 0.193. The van der Waals surface area contributed by atoms with Crippen LogP contribution in [-0.4, -0.2) is 6.54 Å². The van der Waals surface area contributed by atoms with Crippen molar-refractivity contribution in [2.24, 2.45) is 0 Å². The Morgan fingerprint density at radius 3 is 2.61 bits per heavy atom. The second kappa shape index (κ2) is 8.65. The van der Waals surface area contributed by atoms with Gasteiger partial charge >= 0.3 is 0 Å². The third kappa shape index (κ3) is 5.07. The van der Waals surface area contributed by atoms with Crippen LogP contribution >= 0.6 is 15.9 Å². The molecule has 0 saturated heterocycles. The van der Waals surface area contributed by atoms with Crippen LogP contribution in [0.1, 0.15) is 57.6 Å². The molecule has 0 aliphatic heterocycles. The van der Waals surface area contributed by atoms with Gasteiger partial charge < -0.3 is 5.32 Å². The molecule has 1 aromatic carbocycles. The maximum Gasteiger partial charge on any atom is 0.137 e. The second-order valence-corrected chi connectivity index (χ2v) is 5.53. The van der Waals surface area contributed by atoms with Crippen molar-refractivity contribution in [3.05, 3.63) is 34.1 Å². The van der Waals surface area contributed by atoms with Crippen LogP contribution in [-0.2, 0) is 0 Å². The van der Waals surface area contributed by atoms with Gasteiger partial charge in [-0.3, -0.25) is 0 Å². The van der Waals surface area contributed by atoms with Gasteiger partial charge in [0.15, 0.2) is 0 Å². The van der Waals surface area contributed by atoms with Gasteiger partial charge in [0.25, 0.3) is 0 Å². The lowest BCUT2D eigenvalue weighted by atomic mass is 10.0. The molecule has 102 valence electrons. The van der Waals surface area contributed by atoms with Gasteiger partial charge in [0.2, 0.25) is 0 Å². The summed E-state index contributed by atoms with van der Waals surface area (Å²) in [7, 11) is 0. The summed E-state index contributed by atoms with van der Waals surface area (Å²) in [5.41, 5.74) is 1.17. The fourth-order valence-corrected chi connectivity index (χ4v) is 2.43. The van der Waals surface area contributed by atoms with E-state index in [1.165, 1.54) is 24.8 Å². The highest BCUT2D eigenvalue weighted by Crippen LogP contribution is 2.25. The summed E-state index contributed by atoms with van der Waals surface area (Å²) < 4.78 is 13.8. The molecule has 0 aliphatic rings. The van der Waals surface area contributed by atoms with Gasteiger partial charge in [-0.2, -0.15) is 0 Å². The quantitative estimate of drug-likeness (QED) is 0.649.